The lowest BCUT2D eigenvalue weighted by Crippen LogP contribution is -2.15. The predicted octanol–water partition coefficient (Wildman–Crippen LogP) is 6.69. The van der Waals surface area contributed by atoms with Crippen LogP contribution in [0.4, 0.5) is 10.1 Å². The second-order valence-electron chi connectivity index (χ2n) is 9.58. The summed E-state index contributed by atoms with van der Waals surface area (Å²) in [5.41, 5.74) is 4.84. The maximum absolute atomic E-state index is 13.9. The average molecular weight is 569 g/mol. The minimum atomic E-state index is -3.50. The Morgan fingerprint density at radius 2 is 1.77 bits per heavy atom. The van der Waals surface area contributed by atoms with Gasteiger partial charge in [0.15, 0.2) is 9.84 Å². The molecule has 0 bridgehead atoms. The lowest BCUT2D eigenvalue weighted by Gasteiger charge is -2.18. The van der Waals surface area contributed by atoms with E-state index in [-0.39, 0.29) is 27.7 Å². The van der Waals surface area contributed by atoms with E-state index in [0.29, 0.717) is 30.0 Å². The molecule has 4 aromatic rings. The molecular formula is C30H30ClFN2O4S. The van der Waals surface area contributed by atoms with Gasteiger partial charge in [0.2, 0.25) is 0 Å². The van der Waals surface area contributed by atoms with E-state index in [9.17, 15) is 17.6 Å². The second kappa shape index (κ2) is 11.7. The number of aromatic nitrogens is 1. The number of rotatable bonds is 9. The fourth-order valence-corrected chi connectivity index (χ4v) is 5.83. The number of carbonyl (C=O) groups excluding carboxylic acids is 1. The van der Waals surface area contributed by atoms with E-state index in [2.05, 4.69) is 5.32 Å². The van der Waals surface area contributed by atoms with E-state index in [4.69, 9.17) is 16.3 Å². The van der Waals surface area contributed by atoms with Crippen LogP contribution in [0.3, 0.4) is 0 Å². The lowest BCUT2D eigenvalue weighted by molar-refractivity contribution is 0.0526. The van der Waals surface area contributed by atoms with Crippen LogP contribution in [0.15, 0.2) is 77.7 Å². The van der Waals surface area contributed by atoms with Crippen LogP contribution in [0.25, 0.3) is 5.69 Å². The first-order valence-corrected chi connectivity index (χ1v) is 14.6. The summed E-state index contributed by atoms with van der Waals surface area (Å²) in [5, 5.41) is 2.84. The topological polar surface area (TPSA) is 77.4 Å². The maximum atomic E-state index is 13.9. The van der Waals surface area contributed by atoms with Crippen molar-refractivity contribution >= 4 is 33.0 Å². The summed E-state index contributed by atoms with van der Waals surface area (Å²) in [7, 11) is -3.50. The van der Waals surface area contributed by atoms with Gasteiger partial charge in [0.25, 0.3) is 5.91 Å². The highest BCUT2D eigenvalue weighted by Crippen LogP contribution is 2.28. The minimum Gasteiger partial charge on any atom is -0.373 e. The Kier molecular flexibility index (Phi) is 8.59. The molecule has 39 heavy (non-hydrogen) atoms. The Labute approximate surface area is 233 Å². The van der Waals surface area contributed by atoms with Crippen molar-refractivity contribution in [2.45, 2.75) is 44.8 Å². The van der Waals surface area contributed by atoms with Crippen LogP contribution in [-0.4, -0.2) is 31.3 Å². The van der Waals surface area contributed by atoms with E-state index >= 15 is 0 Å². The van der Waals surface area contributed by atoms with Crippen molar-refractivity contribution in [2.24, 2.45) is 0 Å². The van der Waals surface area contributed by atoms with Gasteiger partial charge in [-0.1, -0.05) is 41.9 Å². The molecule has 0 radical (unpaired) electrons. The number of ether oxygens (including phenoxy) is 1. The van der Waals surface area contributed by atoms with Gasteiger partial charge in [0.05, 0.1) is 28.2 Å². The van der Waals surface area contributed by atoms with Crippen molar-refractivity contribution in [3.8, 4) is 5.69 Å². The standard InChI is InChI=1S/C30H30ClFN2O4S/c1-19-14-23(32)10-12-28(19)34-21(3)26(17-25(34)15-20(2)38-18-22-8-6-5-7-9-22)30(35)33-24-11-13-29(27(31)16-24)39(4,36)37/h5-14,16-17,20H,15,18H2,1-4H3,(H,33,35)/t20-/m0/s1. The molecule has 3 aromatic carbocycles. The molecular weight excluding hydrogens is 539 g/mol. The largest absolute Gasteiger partial charge is 0.373 e. The molecule has 0 spiro atoms. The number of carbonyl (C=O) groups is 1. The molecule has 0 fully saturated rings. The fourth-order valence-electron chi connectivity index (χ4n) is 4.50. The number of amides is 1. The van der Waals surface area contributed by atoms with Crippen molar-refractivity contribution in [2.75, 3.05) is 11.6 Å². The number of nitrogens with zero attached hydrogens (tertiary/aromatic N) is 1. The maximum Gasteiger partial charge on any atom is 0.257 e. The Bertz CT molecular complexity index is 1620. The second-order valence-corrected chi connectivity index (χ2v) is 12.0. The van der Waals surface area contributed by atoms with Gasteiger partial charge in [-0.3, -0.25) is 4.79 Å². The van der Waals surface area contributed by atoms with Crippen LogP contribution in [0.1, 0.15) is 39.8 Å². The van der Waals surface area contributed by atoms with Gasteiger partial charge >= 0.3 is 0 Å². The summed E-state index contributed by atoms with van der Waals surface area (Å²) in [5.74, 6) is -0.720. The van der Waals surface area contributed by atoms with E-state index in [1.807, 2.05) is 61.7 Å². The Morgan fingerprint density at radius 1 is 1.05 bits per heavy atom. The molecule has 0 aliphatic carbocycles. The third kappa shape index (κ3) is 6.76. The SMILES string of the molecule is Cc1cc(F)ccc1-n1c(C[C@H](C)OCc2ccccc2)cc(C(=O)Nc2ccc(S(C)(=O)=O)c(Cl)c2)c1C. The molecule has 4 rings (SSSR count). The fraction of sp³-hybridized carbons (Fsp3) is 0.233. The van der Waals surface area contributed by atoms with Crippen molar-refractivity contribution < 1.29 is 22.3 Å². The van der Waals surface area contributed by atoms with E-state index in [1.165, 1.54) is 30.3 Å². The van der Waals surface area contributed by atoms with Crippen LogP contribution in [-0.2, 0) is 27.6 Å². The number of benzene rings is 3. The zero-order chi connectivity index (χ0) is 28.3. The highest BCUT2D eigenvalue weighted by Gasteiger charge is 2.22. The van der Waals surface area contributed by atoms with Gasteiger partial charge in [0, 0.05) is 35.4 Å². The van der Waals surface area contributed by atoms with Gasteiger partial charge in [-0.15, -0.1) is 0 Å². The zero-order valence-corrected chi connectivity index (χ0v) is 23.7. The van der Waals surface area contributed by atoms with Crippen LogP contribution in [0.2, 0.25) is 5.02 Å². The first kappa shape index (κ1) is 28.5. The molecule has 1 N–H and O–H groups in total. The zero-order valence-electron chi connectivity index (χ0n) is 22.2. The lowest BCUT2D eigenvalue weighted by atomic mass is 10.1. The van der Waals surface area contributed by atoms with E-state index < -0.39 is 9.84 Å². The molecule has 204 valence electrons. The number of aryl methyl sites for hydroxylation is 1. The van der Waals surface area contributed by atoms with E-state index in [0.717, 1.165) is 28.8 Å². The van der Waals surface area contributed by atoms with Gasteiger partial charge in [-0.2, -0.15) is 0 Å². The highest BCUT2D eigenvalue weighted by atomic mass is 35.5. The molecule has 6 nitrogen and oxygen atoms in total. The Hall–Kier alpha value is -3.46. The summed E-state index contributed by atoms with van der Waals surface area (Å²) in [6, 6.07) is 20.5. The number of halogens is 2. The van der Waals surface area contributed by atoms with Gasteiger partial charge < -0.3 is 14.6 Å². The predicted molar refractivity (Wildman–Crippen MR) is 152 cm³/mol. The Morgan fingerprint density at radius 3 is 2.41 bits per heavy atom. The van der Waals surface area contributed by atoms with Crippen LogP contribution in [0, 0.1) is 19.7 Å². The molecule has 1 amide bonds. The molecule has 1 heterocycles. The molecule has 9 heteroatoms. The minimum absolute atomic E-state index is 0.0111. The molecule has 0 unspecified atom stereocenters. The van der Waals surface area contributed by atoms with Crippen molar-refractivity contribution in [1.82, 2.24) is 4.57 Å². The van der Waals surface area contributed by atoms with Crippen molar-refractivity contribution in [3.63, 3.8) is 0 Å². The molecule has 1 aromatic heterocycles. The molecule has 1 atom stereocenters. The Balaban J connectivity index is 1.65. The van der Waals surface area contributed by atoms with Crippen molar-refractivity contribution in [1.29, 1.82) is 0 Å². The first-order chi connectivity index (χ1) is 18.4. The molecule has 0 aliphatic rings. The molecule has 0 saturated carbocycles. The summed E-state index contributed by atoms with van der Waals surface area (Å²) in [6.07, 6.45) is 1.41. The van der Waals surface area contributed by atoms with E-state index in [1.54, 1.807) is 6.07 Å². The number of anilines is 1. The number of nitrogens with one attached hydrogen (secondary N) is 1. The molecule has 0 saturated heterocycles. The molecule has 0 aliphatic heterocycles. The van der Waals surface area contributed by atoms with Crippen LogP contribution < -0.4 is 5.32 Å². The summed E-state index contributed by atoms with van der Waals surface area (Å²) in [6.45, 7) is 6.07. The summed E-state index contributed by atoms with van der Waals surface area (Å²) < 4.78 is 45.7. The third-order valence-electron chi connectivity index (χ3n) is 6.43. The number of hydrogen-bond donors (Lipinski definition) is 1. The van der Waals surface area contributed by atoms with Gasteiger partial charge in [-0.05, 0) is 74.4 Å². The quantitative estimate of drug-likeness (QED) is 0.244. The van der Waals surface area contributed by atoms with Crippen molar-refractivity contribution in [3.05, 3.63) is 112 Å². The highest BCUT2D eigenvalue weighted by molar-refractivity contribution is 7.90. The van der Waals surface area contributed by atoms with Crippen LogP contribution >= 0.6 is 11.6 Å². The summed E-state index contributed by atoms with van der Waals surface area (Å²) in [4.78, 5) is 13.4. The normalized spacial score (nSPS) is 12.4. The number of hydrogen-bond acceptors (Lipinski definition) is 4. The first-order valence-electron chi connectivity index (χ1n) is 12.4. The number of sulfone groups is 1. The van der Waals surface area contributed by atoms with Gasteiger partial charge in [-0.25, -0.2) is 12.8 Å². The van der Waals surface area contributed by atoms with Crippen LogP contribution in [0.5, 0.6) is 0 Å². The monoisotopic (exact) mass is 568 g/mol. The third-order valence-corrected chi connectivity index (χ3v) is 8.01. The average Bonchev–Trinajstić information content (AvgIpc) is 3.18. The summed E-state index contributed by atoms with van der Waals surface area (Å²) >= 11 is 6.17. The van der Waals surface area contributed by atoms with Gasteiger partial charge in [0.1, 0.15) is 5.82 Å². The smallest absolute Gasteiger partial charge is 0.257 e.